The van der Waals surface area contributed by atoms with E-state index in [-0.39, 0.29) is 0 Å². The standard InChI is InChI=1S/C13H19N5/c1-2-14-11-4-8-17(9-5-11)12-6-10-18-13(16-12)3-7-15-18/h3,6-7,10-11,14H,2,4-5,8-9H2,1H3. The quantitative estimate of drug-likeness (QED) is 0.885. The highest BCUT2D eigenvalue weighted by Crippen LogP contribution is 2.18. The highest BCUT2D eigenvalue weighted by Gasteiger charge is 2.19. The summed E-state index contributed by atoms with van der Waals surface area (Å²) in [6.45, 7) is 5.39. The Hall–Kier alpha value is -1.62. The van der Waals surface area contributed by atoms with Crippen LogP contribution in [0.2, 0.25) is 0 Å². The van der Waals surface area contributed by atoms with Crippen molar-refractivity contribution < 1.29 is 0 Å². The van der Waals surface area contributed by atoms with Gasteiger partial charge in [0.2, 0.25) is 0 Å². The van der Waals surface area contributed by atoms with Gasteiger partial charge >= 0.3 is 0 Å². The van der Waals surface area contributed by atoms with Crippen LogP contribution in [0.15, 0.2) is 24.5 Å². The highest BCUT2D eigenvalue weighted by molar-refractivity contribution is 5.47. The van der Waals surface area contributed by atoms with Crippen LogP contribution < -0.4 is 10.2 Å². The minimum atomic E-state index is 0.671. The minimum absolute atomic E-state index is 0.671. The summed E-state index contributed by atoms with van der Waals surface area (Å²) in [6.07, 6.45) is 6.15. The van der Waals surface area contributed by atoms with Crippen LogP contribution in [0.1, 0.15) is 19.8 Å². The largest absolute Gasteiger partial charge is 0.356 e. The van der Waals surface area contributed by atoms with E-state index in [1.165, 1.54) is 12.8 Å². The number of piperidine rings is 1. The third-order valence-electron chi connectivity index (χ3n) is 3.56. The molecule has 0 aliphatic carbocycles. The molecule has 5 nitrogen and oxygen atoms in total. The van der Waals surface area contributed by atoms with Crippen molar-refractivity contribution in [1.29, 1.82) is 0 Å². The SMILES string of the molecule is CCNC1CCN(c2ccn3nccc3n2)CC1. The Kier molecular flexibility index (Phi) is 3.15. The Morgan fingerprint density at radius 1 is 1.33 bits per heavy atom. The number of nitrogens with one attached hydrogen (secondary N) is 1. The predicted octanol–water partition coefficient (Wildman–Crippen LogP) is 1.31. The van der Waals surface area contributed by atoms with Gasteiger partial charge in [0, 0.05) is 31.4 Å². The second kappa shape index (κ2) is 4.94. The first-order valence-electron chi connectivity index (χ1n) is 6.65. The molecule has 0 saturated carbocycles. The smallest absolute Gasteiger partial charge is 0.157 e. The molecule has 1 N–H and O–H groups in total. The molecule has 3 heterocycles. The Balaban J connectivity index is 1.71. The van der Waals surface area contributed by atoms with Crippen LogP contribution in [0, 0.1) is 0 Å². The molecule has 1 aliphatic rings. The molecule has 2 aromatic rings. The van der Waals surface area contributed by atoms with E-state index in [4.69, 9.17) is 0 Å². The summed E-state index contributed by atoms with van der Waals surface area (Å²) in [6, 6.07) is 4.66. The lowest BCUT2D eigenvalue weighted by atomic mass is 10.1. The summed E-state index contributed by atoms with van der Waals surface area (Å²) in [5.41, 5.74) is 0.918. The van der Waals surface area contributed by atoms with E-state index >= 15 is 0 Å². The zero-order valence-electron chi connectivity index (χ0n) is 10.7. The maximum Gasteiger partial charge on any atom is 0.157 e. The predicted molar refractivity (Wildman–Crippen MR) is 71.9 cm³/mol. The fourth-order valence-electron chi connectivity index (χ4n) is 2.58. The molecule has 1 fully saturated rings. The summed E-state index contributed by atoms with van der Waals surface area (Å²) in [7, 11) is 0. The van der Waals surface area contributed by atoms with Crippen LogP contribution >= 0.6 is 0 Å². The lowest BCUT2D eigenvalue weighted by Gasteiger charge is -2.33. The van der Waals surface area contributed by atoms with Crippen LogP contribution in [0.5, 0.6) is 0 Å². The first-order chi connectivity index (χ1) is 8.86. The minimum Gasteiger partial charge on any atom is -0.356 e. The van der Waals surface area contributed by atoms with Crippen molar-refractivity contribution in [3.8, 4) is 0 Å². The van der Waals surface area contributed by atoms with Crippen molar-refractivity contribution in [2.75, 3.05) is 24.5 Å². The van der Waals surface area contributed by atoms with Crippen molar-refractivity contribution in [1.82, 2.24) is 19.9 Å². The van der Waals surface area contributed by atoms with Gasteiger partial charge < -0.3 is 10.2 Å². The molecular weight excluding hydrogens is 226 g/mol. The molecule has 0 aromatic carbocycles. The van der Waals surface area contributed by atoms with Crippen molar-refractivity contribution in [3.63, 3.8) is 0 Å². The number of hydrogen-bond donors (Lipinski definition) is 1. The number of aromatic nitrogens is 3. The normalized spacial score (nSPS) is 17.5. The average Bonchev–Trinajstić information content (AvgIpc) is 2.87. The van der Waals surface area contributed by atoms with E-state index in [1.807, 2.05) is 18.3 Å². The molecular formula is C13H19N5. The molecule has 0 radical (unpaired) electrons. The van der Waals surface area contributed by atoms with E-state index in [0.717, 1.165) is 31.1 Å². The van der Waals surface area contributed by atoms with Crippen LogP contribution in [-0.2, 0) is 0 Å². The van der Waals surface area contributed by atoms with Crippen LogP contribution in [0.25, 0.3) is 5.65 Å². The number of rotatable bonds is 3. The van der Waals surface area contributed by atoms with Gasteiger partial charge in [-0.05, 0) is 25.5 Å². The average molecular weight is 245 g/mol. The molecule has 0 amide bonds. The molecule has 0 bridgehead atoms. The van der Waals surface area contributed by atoms with Gasteiger partial charge in [-0.2, -0.15) is 5.10 Å². The van der Waals surface area contributed by atoms with E-state index in [9.17, 15) is 0 Å². The van der Waals surface area contributed by atoms with Gasteiger partial charge in [-0.25, -0.2) is 9.50 Å². The lowest BCUT2D eigenvalue weighted by Crippen LogP contribution is -2.42. The highest BCUT2D eigenvalue weighted by atomic mass is 15.3. The van der Waals surface area contributed by atoms with Crippen molar-refractivity contribution in [2.45, 2.75) is 25.8 Å². The molecule has 0 spiro atoms. The molecule has 96 valence electrons. The van der Waals surface area contributed by atoms with Gasteiger partial charge in [0.15, 0.2) is 5.65 Å². The lowest BCUT2D eigenvalue weighted by molar-refractivity contribution is 0.422. The van der Waals surface area contributed by atoms with Crippen molar-refractivity contribution >= 4 is 11.5 Å². The van der Waals surface area contributed by atoms with Crippen LogP contribution in [0.3, 0.4) is 0 Å². The van der Waals surface area contributed by atoms with Gasteiger partial charge in [0.25, 0.3) is 0 Å². The van der Waals surface area contributed by atoms with Crippen LogP contribution in [0.4, 0.5) is 5.82 Å². The summed E-state index contributed by atoms with van der Waals surface area (Å²) in [4.78, 5) is 7.00. The van der Waals surface area contributed by atoms with Crippen molar-refractivity contribution in [3.05, 3.63) is 24.5 Å². The third-order valence-corrected chi connectivity index (χ3v) is 3.56. The number of hydrogen-bond acceptors (Lipinski definition) is 4. The zero-order chi connectivity index (χ0) is 12.4. The summed E-state index contributed by atoms with van der Waals surface area (Å²) in [5, 5.41) is 7.69. The second-order valence-corrected chi connectivity index (χ2v) is 4.74. The summed E-state index contributed by atoms with van der Waals surface area (Å²) >= 11 is 0. The van der Waals surface area contributed by atoms with Gasteiger partial charge in [-0.1, -0.05) is 6.92 Å². The van der Waals surface area contributed by atoms with Crippen molar-refractivity contribution in [2.24, 2.45) is 0 Å². The van der Waals surface area contributed by atoms with Gasteiger partial charge in [-0.3, -0.25) is 0 Å². The molecule has 2 aromatic heterocycles. The maximum atomic E-state index is 4.64. The fraction of sp³-hybridized carbons (Fsp3) is 0.538. The second-order valence-electron chi connectivity index (χ2n) is 4.74. The molecule has 1 saturated heterocycles. The fourth-order valence-corrected chi connectivity index (χ4v) is 2.58. The van der Waals surface area contributed by atoms with Gasteiger partial charge in [0.05, 0.1) is 6.20 Å². The molecule has 0 atom stereocenters. The van der Waals surface area contributed by atoms with Crippen LogP contribution in [-0.4, -0.2) is 40.3 Å². The molecule has 1 aliphatic heterocycles. The molecule has 0 unspecified atom stereocenters. The monoisotopic (exact) mass is 245 g/mol. The number of nitrogens with zero attached hydrogens (tertiary/aromatic N) is 4. The Morgan fingerprint density at radius 3 is 2.94 bits per heavy atom. The summed E-state index contributed by atoms with van der Waals surface area (Å²) in [5.74, 6) is 1.07. The van der Waals surface area contributed by atoms with E-state index in [0.29, 0.717) is 6.04 Å². The van der Waals surface area contributed by atoms with E-state index < -0.39 is 0 Å². The third kappa shape index (κ3) is 2.18. The molecule has 18 heavy (non-hydrogen) atoms. The topological polar surface area (TPSA) is 45.5 Å². The Labute approximate surface area is 107 Å². The van der Waals surface area contributed by atoms with E-state index in [2.05, 4.69) is 27.2 Å². The number of fused-ring (bicyclic) bond motifs is 1. The first kappa shape index (κ1) is 11.5. The van der Waals surface area contributed by atoms with E-state index in [1.54, 1.807) is 10.7 Å². The zero-order valence-corrected chi connectivity index (χ0v) is 10.7. The molecule has 5 heteroatoms. The Morgan fingerprint density at radius 2 is 2.17 bits per heavy atom. The Bertz CT molecular complexity index is 513. The first-order valence-corrected chi connectivity index (χ1v) is 6.65. The van der Waals surface area contributed by atoms with Gasteiger partial charge in [0.1, 0.15) is 5.82 Å². The maximum absolute atomic E-state index is 4.64. The number of anilines is 1. The van der Waals surface area contributed by atoms with Gasteiger partial charge in [-0.15, -0.1) is 0 Å². The summed E-state index contributed by atoms with van der Waals surface area (Å²) < 4.78 is 1.80. The molecule has 3 rings (SSSR count).